The maximum atomic E-state index is 14.0. The Kier molecular flexibility index (Phi) is 10.5. The first-order chi connectivity index (χ1) is 13.3. The molecule has 0 spiro atoms. The third kappa shape index (κ3) is 6.45. The minimum Gasteiger partial charge on any atom is -0.399 e. The largest absolute Gasteiger partial charge is 0.399 e. The zero-order valence-corrected chi connectivity index (χ0v) is 18.7. The highest BCUT2D eigenvalue weighted by atomic mass is 31.2. The quantitative estimate of drug-likeness (QED) is 0.122. The molecule has 0 saturated heterocycles. The summed E-state index contributed by atoms with van der Waals surface area (Å²) in [5.74, 6) is -0.114. The van der Waals surface area contributed by atoms with Crippen molar-refractivity contribution in [2.75, 3.05) is 31.7 Å². The monoisotopic (exact) mass is 410 g/mol. The van der Waals surface area contributed by atoms with Gasteiger partial charge in [0.05, 0.1) is 12.8 Å². The van der Waals surface area contributed by atoms with E-state index in [-0.39, 0.29) is 18.7 Å². The fourth-order valence-electron chi connectivity index (χ4n) is 3.42. The molecule has 157 valence electrons. The van der Waals surface area contributed by atoms with Crippen molar-refractivity contribution in [2.24, 2.45) is 0 Å². The van der Waals surface area contributed by atoms with Crippen LogP contribution >= 0.6 is 7.37 Å². The van der Waals surface area contributed by atoms with Crippen LogP contribution in [-0.4, -0.2) is 45.0 Å². The first-order valence-electron chi connectivity index (χ1n) is 9.91. The first-order valence-corrected chi connectivity index (χ1v) is 11.7. The van der Waals surface area contributed by atoms with Crippen molar-refractivity contribution >= 4 is 26.5 Å². The number of carbonyl (C=O) groups is 1. The summed E-state index contributed by atoms with van der Waals surface area (Å²) < 4.78 is 31.5. The standard InChI is InChI=1S/C20H34BNO5P/c1-6-25-20(5,26-7-2)28(24,27-8-3)14-17(11-12-21-15-23)19-13-18(22)10-9-16(19)4/h9-10,13,15,17H,6-8,11-12,14,22H2,1-5H3. The van der Waals surface area contributed by atoms with Crippen LogP contribution in [0.3, 0.4) is 0 Å². The number of rotatable bonds is 14. The van der Waals surface area contributed by atoms with Gasteiger partial charge in [0, 0.05) is 25.1 Å². The lowest BCUT2D eigenvalue weighted by atomic mass is 9.73. The van der Waals surface area contributed by atoms with Crippen molar-refractivity contribution in [1.29, 1.82) is 0 Å². The molecule has 0 aromatic heterocycles. The molecule has 2 atom stereocenters. The molecule has 0 aliphatic heterocycles. The number of nitrogen functional groups attached to an aromatic ring is 1. The van der Waals surface area contributed by atoms with Gasteiger partial charge in [0.2, 0.25) is 5.53 Å². The van der Waals surface area contributed by atoms with Gasteiger partial charge in [-0.05, 0) is 63.8 Å². The number of aryl methyl sites for hydroxylation is 1. The second-order valence-corrected chi connectivity index (χ2v) is 9.58. The van der Waals surface area contributed by atoms with Gasteiger partial charge in [-0.15, -0.1) is 0 Å². The molecular formula is C20H34BNO5P. The number of ether oxygens (including phenoxy) is 2. The van der Waals surface area contributed by atoms with Gasteiger partial charge in [0.25, 0.3) is 7.37 Å². The van der Waals surface area contributed by atoms with Crippen LogP contribution in [0.25, 0.3) is 0 Å². The zero-order chi connectivity index (χ0) is 21.2. The van der Waals surface area contributed by atoms with E-state index in [0.717, 1.165) is 17.3 Å². The van der Waals surface area contributed by atoms with Crippen molar-refractivity contribution in [3.05, 3.63) is 29.3 Å². The fourth-order valence-corrected chi connectivity index (χ4v) is 6.12. The summed E-state index contributed by atoms with van der Waals surface area (Å²) in [5.41, 5.74) is 7.40. The minimum atomic E-state index is -3.37. The van der Waals surface area contributed by atoms with Gasteiger partial charge in [0.1, 0.15) is 0 Å². The molecule has 0 bridgehead atoms. The normalized spacial score (nSPS) is 15.0. The maximum absolute atomic E-state index is 14.0. The molecule has 1 aromatic carbocycles. The lowest BCUT2D eigenvalue weighted by molar-refractivity contribution is -0.168. The molecular weight excluding hydrogens is 376 g/mol. The Balaban J connectivity index is 3.34. The van der Waals surface area contributed by atoms with Gasteiger partial charge in [-0.25, -0.2) is 0 Å². The molecule has 1 rings (SSSR count). The summed E-state index contributed by atoms with van der Waals surface area (Å²) in [6.45, 7) is 10.2. The van der Waals surface area contributed by atoms with E-state index in [1.807, 2.05) is 45.9 Å². The van der Waals surface area contributed by atoms with Gasteiger partial charge < -0.3 is 24.5 Å². The van der Waals surface area contributed by atoms with E-state index in [1.165, 1.54) is 0 Å². The van der Waals surface area contributed by atoms with E-state index in [1.54, 1.807) is 14.2 Å². The van der Waals surface area contributed by atoms with E-state index < -0.39 is 12.9 Å². The third-order valence-corrected chi connectivity index (χ3v) is 7.86. The SMILES string of the molecule is CCOC(C)(OCC)P(=O)(CC(CC[B]C=O)c1cc(N)ccc1C)OCC. The molecule has 6 nitrogen and oxygen atoms in total. The number of anilines is 1. The van der Waals surface area contributed by atoms with Crippen molar-refractivity contribution < 1.29 is 23.4 Å². The second kappa shape index (κ2) is 11.8. The predicted octanol–water partition coefficient (Wildman–Crippen LogP) is 4.42. The van der Waals surface area contributed by atoms with Gasteiger partial charge >= 0.3 is 0 Å². The first kappa shape index (κ1) is 24.9. The molecule has 0 amide bonds. The lowest BCUT2D eigenvalue weighted by Crippen LogP contribution is -2.35. The number of hydrogen-bond donors (Lipinski definition) is 1. The molecule has 0 aliphatic carbocycles. The highest BCUT2D eigenvalue weighted by Gasteiger charge is 2.49. The summed E-state index contributed by atoms with van der Waals surface area (Å²) in [6, 6.07) is 5.72. The molecule has 1 radical (unpaired) electrons. The van der Waals surface area contributed by atoms with Crippen LogP contribution in [0.1, 0.15) is 51.2 Å². The molecule has 0 aliphatic rings. The van der Waals surface area contributed by atoms with Crippen LogP contribution in [0, 0.1) is 6.92 Å². The summed E-state index contributed by atoms with van der Waals surface area (Å²) in [5, 5.41) is 0. The van der Waals surface area contributed by atoms with E-state index in [0.29, 0.717) is 31.6 Å². The number of hydrogen-bond acceptors (Lipinski definition) is 6. The Labute approximate surface area is 170 Å². The molecule has 0 heterocycles. The Morgan fingerprint density at radius 1 is 1.21 bits per heavy atom. The topological polar surface area (TPSA) is 87.9 Å². The van der Waals surface area contributed by atoms with Crippen molar-refractivity contribution in [3.8, 4) is 0 Å². The van der Waals surface area contributed by atoms with Crippen molar-refractivity contribution in [1.82, 2.24) is 0 Å². The molecule has 0 saturated carbocycles. The van der Waals surface area contributed by atoms with Gasteiger partial charge in [0.15, 0.2) is 7.28 Å². The average molecular weight is 410 g/mol. The number of carbonyl (C=O) groups excluding carboxylic acids is 1. The molecule has 28 heavy (non-hydrogen) atoms. The van der Waals surface area contributed by atoms with E-state index in [2.05, 4.69) is 0 Å². The predicted molar refractivity (Wildman–Crippen MR) is 116 cm³/mol. The van der Waals surface area contributed by atoms with Gasteiger partial charge in [-0.2, -0.15) is 0 Å². The van der Waals surface area contributed by atoms with Gasteiger partial charge in [-0.1, -0.05) is 18.8 Å². The maximum Gasteiger partial charge on any atom is 0.261 e. The Morgan fingerprint density at radius 2 is 1.86 bits per heavy atom. The fraction of sp³-hybridized carbons (Fsp3) is 0.650. The van der Waals surface area contributed by atoms with E-state index >= 15 is 0 Å². The Bertz CT molecular complexity index is 664. The molecule has 2 N–H and O–H groups in total. The molecule has 0 fully saturated rings. The van der Waals surface area contributed by atoms with E-state index in [9.17, 15) is 9.36 Å². The number of benzene rings is 1. The summed E-state index contributed by atoms with van der Waals surface area (Å²) in [6.07, 6.45) is 2.26. The minimum absolute atomic E-state index is 0.114. The second-order valence-electron chi connectivity index (χ2n) is 6.80. The highest BCUT2D eigenvalue weighted by molar-refractivity contribution is 7.60. The van der Waals surface area contributed by atoms with Crippen molar-refractivity contribution in [3.63, 3.8) is 0 Å². The van der Waals surface area contributed by atoms with E-state index in [4.69, 9.17) is 19.7 Å². The Hall–Kier alpha value is -1.14. The van der Waals surface area contributed by atoms with Crippen molar-refractivity contribution in [2.45, 2.75) is 58.8 Å². The van der Waals surface area contributed by atoms with Crippen LogP contribution in [0.2, 0.25) is 6.32 Å². The molecule has 1 aromatic rings. The van der Waals surface area contributed by atoms with Crippen LogP contribution in [-0.2, 0) is 23.4 Å². The summed E-state index contributed by atoms with van der Waals surface area (Å²) in [4.78, 5) is 10.8. The zero-order valence-electron chi connectivity index (χ0n) is 17.8. The lowest BCUT2D eigenvalue weighted by Gasteiger charge is -2.38. The summed E-state index contributed by atoms with van der Waals surface area (Å²) >= 11 is 0. The van der Waals surface area contributed by atoms with Crippen LogP contribution < -0.4 is 5.73 Å². The van der Waals surface area contributed by atoms with Crippen LogP contribution in [0.15, 0.2) is 18.2 Å². The molecule has 8 heteroatoms. The summed E-state index contributed by atoms with van der Waals surface area (Å²) in [7, 11) is -1.79. The Morgan fingerprint density at radius 3 is 2.39 bits per heavy atom. The van der Waals surface area contributed by atoms with Gasteiger partial charge in [-0.3, -0.25) is 4.57 Å². The average Bonchev–Trinajstić information content (AvgIpc) is 2.63. The third-order valence-electron chi connectivity index (χ3n) is 4.76. The number of nitrogens with two attached hydrogens (primary N) is 1. The molecule has 2 unspecified atom stereocenters. The van der Waals surface area contributed by atoms with Crippen LogP contribution in [0.4, 0.5) is 5.69 Å². The smallest absolute Gasteiger partial charge is 0.261 e. The van der Waals surface area contributed by atoms with Crippen LogP contribution in [0.5, 0.6) is 0 Å². The highest BCUT2D eigenvalue weighted by Crippen LogP contribution is 2.62.